The van der Waals surface area contributed by atoms with Crippen molar-refractivity contribution in [1.29, 1.82) is 0 Å². The van der Waals surface area contributed by atoms with E-state index in [9.17, 15) is 18.8 Å². The first kappa shape index (κ1) is 21.0. The Hall–Kier alpha value is -2.74. The SMILES string of the molecule is CC[C@@]1(c2ccc(F)cc2)NC(=O)N(CC(=O)N(C)Cc2ccccc2Br)C1=O. The zero-order chi connectivity index (χ0) is 21.2. The van der Waals surface area contributed by atoms with E-state index in [0.717, 1.165) is 14.9 Å². The molecule has 0 bridgehead atoms. The Morgan fingerprint density at radius 1 is 1.17 bits per heavy atom. The predicted octanol–water partition coefficient (Wildman–Crippen LogP) is 3.40. The fourth-order valence-electron chi connectivity index (χ4n) is 3.37. The molecule has 1 heterocycles. The van der Waals surface area contributed by atoms with Crippen molar-refractivity contribution in [1.82, 2.24) is 15.1 Å². The number of carbonyl (C=O) groups excluding carboxylic acids is 3. The molecule has 0 aliphatic carbocycles. The molecule has 3 rings (SSSR count). The third-order valence-electron chi connectivity index (χ3n) is 5.13. The van der Waals surface area contributed by atoms with Crippen molar-refractivity contribution in [3.63, 3.8) is 0 Å². The molecule has 0 spiro atoms. The van der Waals surface area contributed by atoms with Gasteiger partial charge >= 0.3 is 6.03 Å². The first-order valence-electron chi connectivity index (χ1n) is 9.16. The van der Waals surface area contributed by atoms with Gasteiger partial charge in [-0.15, -0.1) is 0 Å². The topological polar surface area (TPSA) is 69.7 Å². The Labute approximate surface area is 176 Å². The van der Waals surface area contributed by atoms with Crippen molar-refractivity contribution >= 4 is 33.8 Å². The van der Waals surface area contributed by atoms with Crippen LogP contribution >= 0.6 is 15.9 Å². The van der Waals surface area contributed by atoms with Crippen LogP contribution in [-0.4, -0.2) is 41.2 Å². The minimum atomic E-state index is -1.30. The molecule has 1 aliphatic rings. The number of halogens is 2. The number of nitrogens with zero attached hydrogens (tertiary/aromatic N) is 2. The summed E-state index contributed by atoms with van der Waals surface area (Å²) in [5, 5.41) is 2.69. The largest absolute Gasteiger partial charge is 0.340 e. The molecule has 29 heavy (non-hydrogen) atoms. The monoisotopic (exact) mass is 461 g/mol. The maximum absolute atomic E-state index is 13.3. The second kappa shape index (κ2) is 8.32. The van der Waals surface area contributed by atoms with E-state index in [1.807, 2.05) is 24.3 Å². The molecule has 4 amide bonds. The zero-order valence-electron chi connectivity index (χ0n) is 16.1. The highest BCUT2D eigenvalue weighted by Gasteiger charge is 2.51. The molecule has 0 radical (unpaired) electrons. The summed E-state index contributed by atoms with van der Waals surface area (Å²) in [7, 11) is 1.62. The molecule has 152 valence electrons. The smallest absolute Gasteiger partial charge is 0.325 e. The lowest BCUT2D eigenvalue weighted by atomic mass is 9.87. The Morgan fingerprint density at radius 3 is 2.45 bits per heavy atom. The second-order valence-electron chi connectivity index (χ2n) is 6.93. The predicted molar refractivity (Wildman–Crippen MR) is 109 cm³/mol. The summed E-state index contributed by atoms with van der Waals surface area (Å²) in [6.07, 6.45) is 0.278. The van der Waals surface area contributed by atoms with Gasteiger partial charge in [-0.3, -0.25) is 14.5 Å². The third-order valence-corrected chi connectivity index (χ3v) is 5.90. The van der Waals surface area contributed by atoms with E-state index < -0.39 is 23.3 Å². The Kier molecular flexibility index (Phi) is 6.02. The second-order valence-corrected chi connectivity index (χ2v) is 7.78. The number of carbonyl (C=O) groups is 3. The number of urea groups is 1. The standard InChI is InChI=1S/C21H21BrFN3O3/c1-3-21(15-8-10-16(23)11-9-15)19(28)26(20(29)24-21)13-18(27)25(2)12-14-6-4-5-7-17(14)22/h4-11H,3,12-13H2,1-2H3,(H,24,29)/t21-/m0/s1. The van der Waals surface area contributed by atoms with Gasteiger partial charge in [-0.1, -0.05) is 53.2 Å². The molecule has 2 aromatic rings. The molecule has 6 nitrogen and oxygen atoms in total. The van der Waals surface area contributed by atoms with Crippen LogP contribution in [0.4, 0.5) is 9.18 Å². The van der Waals surface area contributed by atoms with Crippen LogP contribution in [0.3, 0.4) is 0 Å². The average molecular weight is 462 g/mol. The molecule has 0 aromatic heterocycles. The van der Waals surface area contributed by atoms with Crippen molar-refractivity contribution in [3.05, 3.63) is 69.9 Å². The summed E-state index contributed by atoms with van der Waals surface area (Å²) in [5.74, 6) is -1.31. The highest BCUT2D eigenvalue weighted by atomic mass is 79.9. The van der Waals surface area contributed by atoms with E-state index in [-0.39, 0.29) is 18.9 Å². The van der Waals surface area contributed by atoms with E-state index in [1.54, 1.807) is 14.0 Å². The molecular weight excluding hydrogens is 441 g/mol. The minimum absolute atomic E-state index is 0.278. The van der Waals surface area contributed by atoms with Gasteiger partial charge in [0.2, 0.25) is 5.91 Å². The van der Waals surface area contributed by atoms with Crippen LogP contribution in [-0.2, 0) is 21.7 Å². The van der Waals surface area contributed by atoms with Gasteiger partial charge in [0.05, 0.1) is 0 Å². The van der Waals surface area contributed by atoms with E-state index >= 15 is 0 Å². The van der Waals surface area contributed by atoms with E-state index in [4.69, 9.17) is 0 Å². The van der Waals surface area contributed by atoms with E-state index in [1.165, 1.54) is 29.2 Å². The number of amides is 4. The molecule has 1 fully saturated rings. The highest BCUT2D eigenvalue weighted by Crippen LogP contribution is 2.32. The van der Waals surface area contributed by atoms with Gasteiger partial charge in [0.15, 0.2) is 0 Å². The summed E-state index contributed by atoms with van der Waals surface area (Å²) in [6, 6.07) is 12.3. The van der Waals surface area contributed by atoms with Crippen LogP contribution < -0.4 is 5.32 Å². The van der Waals surface area contributed by atoms with Crippen molar-refractivity contribution in [2.45, 2.75) is 25.4 Å². The fourth-order valence-corrected chi connectivity index (χ4v) is 3.78. The Morgan fingerprint density at radius 2 is 1.83 bits per heavy atom. The number of rotatable bonds is 6. The summed E-state index contributed by atoms with van der Waals surface area (Å²) < 4.78 is 14.2. The maximum atomic E-state index is 13.3. The van der Waals surface area contributed by atoms with Crippen LogP contribution in [0.25, 0.3) is 0 Å². The molecule has 1 aliphatic heterocycles. The lowest BCUT2D eigenvalue weighted by Crippen LogP contribution is -2.45. The normalized spacial score (nSPS) is 18.7. The molecule has 1 saturated heterocycles. The van der Waals surface area contributed by atoms with Gasteiger partial charge in [-0.25, -0.2) is 9.18 Å². The zero-order valence-corrected chi connectivity index (χ0v) is 17.7. The first-order chi connectivity index (χ1) is 13.8. The van der Waals surface area contributed by atoms with E-state index in [2.05, 4.69) is 21.2 Å². The van der Waals surface area contributed by atoms with Crippen LogP contribution in [0.15, 0.2) is 53.0 Å². The van der Waals surface area contributed by atoms with Gasteiger partial charge in [-0.05, 0) is 35.7 Å². The van der Waals surface area contributed by atoms with Gasteiger partial charge in [0.1, 0.15) is 17.9 Å². The van der Waals surface area contributed by atoms with Gasteiger partial charge in [0.25, 0.3) is 5.91 Å². The van der Waals surface area contributed by atoms with Crippen molar-refractivity contribution in [2.24, 2.45) is 0 Å². The van der Waals surface area contributed by atoms with Crippen LogP contribution in [0.2, 0.25) is 0 Å². The number of benzene rings is 2. The van der Waals surface area contributed by atoms with Gasteiger partial charge < -0.3 is 10.2 Å². The molecule has 0 saturated carbocycles. The summed E-state index contributed by atoms with van der Waals surface area (Å²) in [6.45, 7) is 1.72. The van der Waals surface area contributed by atoms with Crippen LogP contribution in [0.5, 0.6) is 0 Å². The van der Waals surface area contributed by atoms with E-state index in [0.29, 0.717) is 12.1 Å². The Balaban J connectivity index is 1.76. The van der Waals surface area contributed by atoms with Crippen LogP contribution in [0, 0.1) is 5.82 Å². The molecule has 8 heteroatoms. The molecule has 1 atom stereocenters. The number of nitrogens with one attached hydrogen (secondary N) is 1. The van der Waals surface area contributed by atoms with Crippen molar-refractivity contribution in [3.8, 4) is 0 Å². The number of likely N-dealkylation sites (N-methyl/N-ethyl adjacent to an activating group) is 1. The summed E-state index contributed by atoms with van der Waals surface area (Å²) >= 11 is 3.44. The molecular formula is C21H21BrFN3O3. The minimum Gasteiger partial charge on any atom is -0.340 e. The number of imide groups is 1. The van der Waals surface area contributed by atoms with Crippen molar-refractivity contribution < 1.29 is 18.8 Å². The van der Waals surface area contributed by atoms with Gasteiger partial charge in [-0.2, -0.15) is 0 Å². The highest BCUT2D eigenvalue weighted by molar-refractivity contribution is 9.10. The van der Waals surface area contributed by atoms with Crippen molar-refractivity contribution in [2.75, 3.05) is 13.6 Å². The molecule has 2 aromatic carbocycles. The lowest BCUT2D eigenvalue weighted by Gasteiger charge is -2.26. The third kappa shape index (κ3) is 4.03. The summed E-state index contributed by atoms with van der Waals surface area (Å²) in [4.78, 5) is 40.7. The molecule has 1 N–H and O–H groups in total. The Bertz CT molecular complexity index is 950. The van der Waals surface area contributed by atoms with Crippen LogP contribution in [0.1, 0.15) is 24.5 Å². The van der Waals surface area contributed by atoms with Gasteiger partial charge in [0, 0.05) is 18.1 Å². The maximum Gasteiger partial charge on any atom is 0.325 e. The quantitative estimate of drug-likeness (QED) is 0.670. The first-order valence-corrected chi connectivity index (χ1v) is 9.95. The average Bonchev–Trinajstić information content (AvgIpc) is 2.95. The lowest BCUT2D eigenvalue weighted by molar-refractivity contribution is -0.138. The fraction of sp³-hybridized carbons (Fsp3) is 0.286. The molecule has 0 unspecified atom stereocenters. The summed E-state index contributed by atoms with van der Waals surface area (Å²) in [5.41, 5.74) is 0.0950. The number of hydrogen-bond donors (Lipinski definition) is 1. The number of hydrogen-bond acceptors (Lipinski definition) is 3.